The number of hydrogen-bond acceptors (Lipinski definition) is 11. The molecule has 1 aromatic carbocycles. The lowest BCUT2D eigenvalue weighted by atomic mass is 10.1. The lowest BCUT2D eigenvalue weighted by Crippen LogP contribution is -2.50. The van der Waals surface area contributed by atoms with Crippen LogP contribution in [0.5, 0.6) is 17.2 Å². The third-order valence-corrected chi connectivity index (χ3v) is 4.96. The van der Waals surface area contributed by atoms with Crippen molar-refractivity contribution in [3.63, 3.8) is 0 Å². The summed E-state index contributed by atoms with van der Waals surface area (Å²) in [6, 6.07) is 3.05. The molecular formula is C21H33N7O4. The summed E-state index contributed by atoms with van der Waals surface area (Å²) < 4.78 is 5.04. The molecule has 0 aliphatic carbocycles. The van der Waals surface area contributed by atoms with Crippen molar-refractivity contribution in [2.45, 2.75) is 59.4 Å². The SMILES string of the molecule is COc1cc(O)c(CNc2nc(NCC(C)O)nc3c2N(C(C)C)NN3C(C)C)cc1O. The number of hydrogen-bond donors (Lipinski definition) is 6. The van der Waals surface area contributed by atoms with Crippen LogP contribution < -0.4 is 30.9 Å². The first-order chi connectivity index (χ1) is 15.1. The number of aliphatic hydroxyl groups is 1. The van der Waals surface area contributed by atoms with Crippen LogP contribution in [0, 0.1) is 0 Å². The second-order valence-electron chi connectivity index (χ2n) is 8.33. The van der Waals surface area contributed by atoms with Gasteiger partial charge in [-0.2, -0.15) is 9.97 Å². The van der Waals surface area contributed by atoms with Gasteiger partial charge >= 0.3 is 0 Å². The summed E-state index contributed by atoms with van der Waals surface area (Å²) in [6.07, 6.45) is -0.561. The number of ether oxygens (including phenoxy) is 1. The van der Waals surface area contributed by atoms with Crippen molar-refractivity contribution < 1.29 is 20.1 Å². The van der Waals surface area contributed by atoms with Gasteiger partial charge in [-0.05, 0) is 40.7 Å². The molecule has 1 unspecified atom stereocenters. The lowest BCUT2D eigenvalue weighted by molar-refractivity contribution is 0.208. The van der Waals surface area contributed by atoms with Crippen LogP contribution >= 0.6 is 0 Å². The van der Waals surface area contributed by atoms with Gasteiger partial charge in [0.25, 0.3) is 0 Å². The number of fused-ring (bicyclic) bond motifs is 1. The van der Waals surface area contributed by atoms with Crippen LogP contribution in [-0.4, -0.2) is 57.1 Å². The van der Waals surface area contributed by atoms with E-state index in [4.69, 9.17) is 4.74 Å². The van der Waals surface area contributed by atoms with Crippen LogP contribution in [0.3, 0.4) is 0 Å². The average molecular weight is 448 g/mol. The summed E-state index contributed by atoms with van der Waals surface area (Å²) in [7, 11) is 1.42. The normalized spacial score (nSPS) is 14.2. The van der Waals surface area contributed by atoms with E-state index in [-0.39, 0.29) is 35.9 Å². The Morgan fingerprint density at radius 3 is 2.28 bits per heavy atom. The predicted molar refractivity (Wildman–Crippen MR) is 124 cm³/mol. The highest BCUT2D eigenvalue weighted by Gasteiger charge is 2.34. The van der Waals surface area contributed by atoms with Crippen molar-refractivity contribution in [1.82, 2.24) is 15.5 Å². The number of aromatic nitrogens is 2. The summed E-state index contributed by atoms with van der Waals surface area (Å²) in [4.78, 5) is 9.30. The lowest BCUT2D eigenvalue weighted by Gasteiger charge is -2.27. The average Bonchev–Trinajstić information content (AvgIpc) is 3.12. The molecule has 6 N–H and O–H groups in total. The first kappa shape index (κ1) is 23.5. The van der Waals surface area contributed by atoms with Crippen molar-refractivity contribution in [1.29, 1.82) is 0 Å². The first-order valence-corrected chi connectivity index (χ1v) is 10.6. The topological polar surface area (TPSA) is 138 Å². The van der Waals surface area contributed by atoms with E-state index >= 15 is 0 Å². The molecule has 1 atom stereocenters. The minimum atomic E-state index is -0.561. The van der Waals surface area contributed by atoms with Gasteiger partial charge in [0.2, 0.25) is 5.95 Å². The highest BCUT2D eigenvalue weighted by molar-refractivity contribution is 5.83. The molecule has 0 saturated heterocycles. The molecule has 11 nitrogen and oxygen atoms in total. The van der Waals surface area contributed by atoms with Gasteiger partial charge in [-0.1, -0.05) is 0 Å². The van der Waals surface area contributed by atoms with Crippen LogP contribution in [0.2, 0.25) is 0 Å². The van der Waals surface area contributed by atoms with Gasteiger partial charge in [0, 0.05) is 36.8 Å². The van der Waals surface area contributed by atoms with Gasteiger partial charge in [0.05, 0.1) is 13.2 Å². The highest BCUT2D eigenvalue weighted by Crippen LogP contribution is 2.41. The summed E-state index contributed by atoms with van der Waals surface area (Å²) in [5.41, 5.74) is 4.62. The Morgan fingerprint density at radius 2 is 1.69 bits per heavy atom. The first-order valence-electron chi connectivity index (χ1n) is 10.6. The predicted octanol–water partition coefficient (Wildman–Crippen LogP) is 2.16. The fourth-order valence-corrected chi connectivity index (χ4v) is 3.31. The Bertz CT molecular complexity index is 952. The van der Waals surface area contributed by atoms with Crippen LogP contribution in [0.4, 0.5) is 23.3 Å². The van der Waals surface area contributed by atoms with Crippen LogP contribution in [0.1, 0.15) is 40.2 Å². The van der Waals surface area contributed by atoms with E-state index < -0.39 is 6.10 Å². The third kappa shape index (κ3) is 4.83. The number of phenols is 2. The zero-order chi connectivity index (χ0) is 23.6. The molecule has 1 aliphatic rings. The molecule has 2 aromatic rings. The Morgan fingerprint density at radius 1 is 1.00 bits per heavy atom. The molecule has 0 saturated carbocycles. The van der Waals surface area contributed by atoms with E-state index in [1.807, 2.05) is 10.0 Å². The van der Waals surface area contributed by atoms with E-state index in [9.17, 15) is 15.3 Å². The Balaban J connectivity index is 2.00. The summed E-state index contributed by atoms with van der Waals surface area (Å²) in [5, 5.41) is 40.3. The Hall–Kier alpha value is -3.18. The maximum absolute atomic E-state index is 10.3. The highest BCUT2D eigenvalue weighted by atomic mass is 16.5. The molecule has 1 aliphatic heterocycles. The zero-order valence-electron chi connectivity index (χ0n) is 19.3. The van der Waals surface area contributed by atoms with Crippen molar-refractivity contribution >= 4 is 23.3 Å². The maximum atomic E-state index is 10.3. The number of nitrogens with zero attached hydrogens (tertiary/aromatic N) is 4. The molecule has 2 heterocycles. The Kier molecular flexibility index (Phi) is 6.99. The summed E-state index contributed by atoms with van der Waals surface area (Å²) in [5.74, 6) is 1.73. The molecular weight excluding hydrogens is 414 g/mol. The van der Waals surface area contributed by atoms with E-state index in [1.165, 1.54) is 19.2 Å². The Labute approximate surface area is 188 Å². The molecule has 1 aromatic heterocycles. The molecule has 0 spiro atoms. The largest absolute Gasteiger partial charge is 0.507 e. The van der Waals surface area contributed by atoms with Crippen molar-refractivity contribution in [2.75, 3.05) is 34.3 Å². The van der Waals surface area contributed by atoms with Gasteiger partial charge in [-0.25, -0.2) is 0 Å². The standard InChI is InChI=1S/C21H33N7O4/c1-11(2)27-18-19(22-10-14-7-16(31)17(32-6)8-15(14)30)24-21(23-9-13(5)29)25-20(18)28(26-27)12(3)4/h7-8,11-13,26,29-31H,9-10H2,1-6H3,(H2,22,23,24,25). The minimum Gasteiger partial charge on any atom is -0.507 e. The van der Waals surface area contributed by atoms with E-state index in [2.05, 4.69) is 53.8 Å². The molecule has 0 bridgehead atoms. The number of phenolic OH excluding ortho intramolecular Hbond substituents is 2. The number of methoxy groups -OCH3 is 1. The minimum absolute atomic E-state index is 0.00653. The maximum Gasteiger partial charge on any atom is 0.226 e. The van der Waals surface area contributed by atoms with E-state index in [0.717, 1.165) is 5.69 Å². The van der Waals surface area contributed by atoms with Crippen LogP contribution in [0.15, 0.2) is 12.1 Å². The van der Waals surface area contributed by atoms with Gasteiger partial charge in [-0.3, -0.25) is 10.0 Å². The number of benzene rings is 1. The summed E-state index contributed by atoms with van der Waals surface area (Å²) in [6.45, 7) is 10.4. The zero-order valence-corrected chi connectivity index (χ0v) is 19.3. The summed E-state index contributed by atoms with van der Waals surface area (Å²) >= 11 is 0. The number of aromatic hydroxyl groups is 2. The number of hydrazine groups is 2. The quantitative estimate of drug-likeness (QED) is 0.315. The van der Waals surface area contributed by atoms with Gasteiger partial charge in [-0.15, -0.1) is 5.53 Å². The second-order valence-corrected chi connectivity index (χ2v) is 8.33. The number of rotatable bonds is 9. The van der Waals surface area contributed by atoms with Gasteiger partial charge in [0.1, 0.15) is 11.4 Å². The van der Waals surface area contributed by atoms with Crippen LogP contribution in [-0.2, 0) is 6.54 Å². The number of nitrogens with one attached hydrogen (secondary N) is 3. The van der Waals surface area contributed by atoms with Crippen LogP contribution in [0.25, 0.3) is 0 Å². The fraction of sp³-hybridized carbons (Fsp3) is 0.524. The van der Waals surface area contributed by atoms with Gasteiger partial charge in [0.15, 0.2) is 23.1 Å². The molecule has 0 radical (unpaired) electrons. The molecule has 0 fully saturated rings. The number of aliphatic hydroxyl groups excluding tert-OH is 1. The molecule has 3 rings (SSSR count). The van der Waals surface area contributed by atoms with Crippen molar-refractivity contribution in [3.8, 4) is 17.2 Å². The monoisotopic (exact) mass is 447 g/mol. The number of anilines is 4. The van der Waals surface area contributed by atoms with Gasteiger partial charge < -0.3 is 30.7 Å². The van der Waals surface area contributed by atoms with Crippen molar-refractivity contribution in [3.05, 3.63) is 17.7 Å². The fourth-order valence-electron chi connectivity index (χ4n) is 3.31. The van der Waals surface area contributed by atoms with E-state index in [0.29, 0.717) is 29.7 Å². The smallest absolute Gasteiger partial charge is 0.226 e. The second kappa shape index (κ2) is 9.53. The molecule has 32 heavy (non-hydrogen) atoms. The van der Waals surface area contributed by atoms with E-state index in [1.54, 1.807) is 6.92 Å². The molecule has 176 valence electrons. The molecule has 0 amide bonds. The van der Waals surface area contributed by atoms with Crippen molar-refractivity contribution in [2.24, 2.45) is 0 Å². The third-order valence-electron chi connectivity index (χ3n) is 4.96. The molecule has 11 heteroatoms.